The Kier molecular flexibility index (Phi) is 3.95. The van der Waals surface area contributed by atoms with E-state index in [-0.39, 0.29) is 15.8 Å². The first kappa shape index (κ1) is 13.4. The lowest BCUT2D eigenvalue weighted by Gasteiger charge is -2.08. The third-order valence-electron chi connectivity index (χ3n) is 1.48. The van der Waals surface area contributed by atoms with Crippen LogP contribution in [-0.2, 0) is 10.0 Å². The highest BCUT2D eigenvalue weighted by Gasteiger charge is 2.19. The van der Waals surface area contributed by atoms with Crippen LogP contribution in [0.5, 0.6) is 5.75 Å². The number of benzene rings is 1. The van der Waals surface area contributed by atoms with Gasteiger partial charge in [-0.1, -0.05) is 23.2 Å². The summed E-state index contributed by atoms with van der Waals surface area (Å²) in [6.45, 7) is -3.06. The highest BCUT2D eigenvalue weighted by atomic mass is 35.5. The number of sulfonamides is 1. The maximum atomic E-state index is 11.9. The summed E-state index contributed by atoms with van der Waals surface area (Å²) in [6, 6.07) is 1.78. The predicted molar refractivity (Wildman–Crippen MR) is 54.5 cm³/mol. The molecule has 0 bridgehead atoms. The first-order valence-electron chi connectivity index (χ1n) is 3.68. The van der Waals surface area contributed by atoms with Crippen molar-refractivity contribution >= 4 is 33.2 Å². The van der Waals surface area contributed by atoms with E-state index in [1.54, 1.807) is 0 Å². The average Bonchev–Trinajstić information content (AvgIpc) is 1.96. The summed E-state index contributed by atoms with van der Waals surface area (Å²) in [7, 11) is -4.12. The molecular weight excluding hydrogens is 287 g/mol. The van der Waals surface area contributed by atoms with Gasteiger partial charge in [-0.3, -0.25) is 0 Å². The summed E-state index contributed by atoms with van der Waals surface area (Å²) in [5.41, 5.74) is 0. The number of rotatable bonds is 3. The van der Waals surface area contributed by atoms with E-state index in [9.17, 15) is 17.2 Å². The predicted octanol–water partition coefficient (Wildman–Crippen LogP) is 2.24. The van der Waals surface area contributed by atoms with Gasteiger partial charge in [-0.15, -0.1) is 0 Å². The molecule has 16 heavy (non-hydrogen) atoms. The van der Waals surface area contributed by atoms with Crippen molar-refractivity contribution in [1.82, 2.24) is 0 Å². The van der Waals surface area contributed by atoms with E-state index in [0.717, 1.165) is 12.1 Å². The SMILES string of the molecule is NS(=O)(=O)c1c(Cl)cc(OC(F)F)cc1Cl. The molecule has 0 heterocycles. The quantitative estimate of drug-likeness (QED) is 0.928. The molecule has 90 valence electrons. The maximum absolute atomic E-state index is 11.9. The molecule has 0 fully saturated rings. The van der Waals surface area contributed by atoms with Gasteiger partial charge in [-0.2, -0.15) is 8.78 Å². The summed E-state index contributed by atoms with van der Waals surface area (Å²) in [5, 5.41) is 4.06. The molecule has 0 aliphatic carbocycles. The molecule has 1 aromatic rings. The van der Waals surface area contributed by atoms with E-state index >= 15 is 0 Å². The van der Waals surface area contributed by atoms with Gasteiger partial charge in [-0.25, -0.2) is 13.6 Å². The van der Waals surface area contributed by atoms with Gasteiger partial charge in [0.05, 0.1) is 10.0 Å². The molecule has 0 saturated heterocycles. The lowest BCUT2D eigenvalue weighted by Crippen LogP contribution is -2.13. The largest absolute Gasteiger partial charge is 0.435 e. The molecule has 0 amide bonds. The second-order valence-electron chi connectivity index (χ2n) is 2.64. The smallest absolute Gasteiger partial charge is 0.387 e. The van der Waals surface area contributed by atoms with Crippen LogP contribution in [0.1, 0.15) is 0 Å². The minimum Gasteiger partial charge on any atom is -0.435 e. The van der Waals surface area contributed by atoms with Crippen molar-refractivity contribution in [2.24, 2.45) is 5.14 Å². The summed E-state index contributed by atoms with van der Waals surface area (Å²) < 4.78 is 49.8. The summed E-state index contributed by atoms with van der Waals surface area (Å²) in [5.74, 6) is -0.350. The zero-order valence-electron chi connectivity index (χ0n) is 7.45. The van der Waals surface area contributed by atoms with Crippen molar-refractivity contribution < 1.29 is 21.9 Å². The van der Waals surface area contributed by atoms with Gasteiger partial charge < -0.3 is 4.74 Å². The normalized spacial score (nSPS) is 11.9. The van der Waals surface area contributed by atoms with Crippen LogP contribution in [0.4, 0.5) is 8.78 Å². The van der Waals surface area contributed by atoms with Gasteiger partial charge in [0.1, 0.15) is 10.6 Å². The third kappa shape index (κ3) is 3.18. The second kappa shape index (κ2) is 4.70. The van der Waals surface area contributed by atoms with Crippen LogP contribution in [0, 0.1) is 0 Å². The highest BCUT2D eigenvalue weighted by Crippen LogP contribution is 2.33. The molecule has 0 aliphatic rings. The summed E-state index contributed by atoms with van der Waals surface area (Å²) >= 11 is 11.1. The van der Waals surface area contributed by atoms with E-state index in [1.807, 2.05) is 0 Å². The second-order valence-corrected chi connectivity index (χ2v) is 4.95. The Morgan fingerprint density at radius 2 is 1.69 bits per heavy atom. The molecule has 0 atom stereocenters. The first-order valence-corrected chi connectivity index (χ1v) is 5.98. The molecule has 0 radical (unpaired) electrons. The number of nitrogens with two attached hydrogens (primary N) is 1. The van der Waals surface area contributed by atoms with Gasteiger partial charge in [-0.05, 0) is 0 Å². The van der Waals surface area contributed by atoms with E-state index in [0.29, 0.717) is 0 Å². The molecule has 0 aromatic heterocycles. The van der Waals surface area contributed by atoms with Crippen molar-refractivity contribution in [3.63, 3.8) is 0 Å². The van der Waals surface area contributed by atoms with Gasteiger partial charge in [0.25, 0.3) is 0 Å². The van der Waals surface area contributed by atoms with Crippen LogP contribution in [0.2, 0.25) is 10.0 Å². The molecule has 0 spiro atoms. The number of primary sulfonamides is 1. The molecule has 1 rings (SSSR count). The third-order valence-corrected chi connectivity index (χ3v) is 3.31. The molecule has 2 N–H and O–H groups in total. The van der Waals surface area contributed by atoms with Crippen molar-refractivity contribution in [3.05, 3.63) is 22.2 Å². The Labute approximate surface area is 99.9 Å². The Morgan fingerprint density at radius 1 is 1.25 bits per heavy atom. The Hall–Kier alpha value is -0.630. The fourth-order valence-electron chi connectivity index (χ4n) is 0.979. The van der Waals surface area contributed by atoms with Gasteiger partial charge >= 0.3 is 6.61 Å². The van der Waals surface area contributed by atoms with Crippen LogP contribution < -0.4 is 9.88 Å². The van der Waals surface area contributed by atoms with E-state index < -0.39 is 21.5 Å². The minimum absolute atomic E-state index is 0.350. The van der Waals surface area contributed by atoms with Crippen LogP contribution in [0.25, 0.3) is 0 Å². The Balaban J connectivity index is 3.29. The van der Waals surface area contributed by atoms with Crippen molar-refractivity contribution in [1.29, 1.82) is 0 Å². The maximum Gasteiger partial charge on any atom is 0.387 e. The molecule has 4 nitrogen and oxygen atoms in total. The van der Waals surface area contributed by atoms with E-state index in [4.69, 9.17) is 28.3 Å². The minimum atomic E-state index is -4.12. The Bertz CT molecular complexity index is 483. The topological polar surface area (TPSA) is 69.4 Å². The summed E-state index contributed by atoms with van der Waals surface area (Å²) in [6.07, 6.45) is 0. The van der Waals surface area contributed by atoms with Gasteiger partial charge in [0.15, 0.2) is 0 Å². The highest BCUT2D eigenvalue weighted by molar-refractivity contribution is 7.89. The Morgan fingerprint density at radius 3 is 2.00 bits per heavy atom. The van der Waals surface area contributed by atoms with Crippen LogP contribution in [0.3, 0.4) is 0 Å². The monoisotopic (exact) mass is 291 g/mol. The molecular formula is C7H5Cl2F2NO3S. The average molecular weight is 292 g/mol. The standard InChI is InChI=1S/C7H5Cl2F2NO3S/c8-4-1-3(15-7(10)11)2-5(9)6(4)16(12,13)14/h1-2,7H,(H2,12,13,14). The lowest BCUT2D eigenvalue weighted by atomic mass is 10.3. The van der Waals surface area contributed by atoms with Crippen LogP contribution in [0.15, 0.2) is 17.0 Å². The van der Waals surface area contributed by atoms with Crippen molar-refractivity contribution in [2.45, 2.75) is 11.5 Å². The molecule has 1 aromatic carbocycles. The zero-order chi connectivity index (χ0) is 12.5. The van der Waals surface area contributed by atoms with Gasteiger partial charge in [0.2, 0.25) is 10.0 Å². The van der Waals surface area contributed by atoms with Crippen LogP contribution >= 0.6 is 23.2 Å². The van der Waals surface area contributed by atoms with Crippen LogP contribution in [-0.4, -0.2) is 15.0 Å². The first-order chi connectivity index (χ1) is 7.21. The van der Waals surface area contributed by atoms with Gasteiger partial charge in [0, 0.05) is 12.1 Å². The molecule has 0 unspecified atom stereocenters. The molecule has 9 heteroatoms. The number of alkyl halides is 2. The lowest BCUT2D eigenvalue weighted by molar-refractivity contribution is -0.0498. The fourth-order valence-corrected chi connectivity index (χ4v) is 2.75. The fraction of sp³-hybridized carbons (Fsp3) is 0.143. The van der Waals surface area contributed by atoms with E-state index in [1.165, 1.54) is 0 Å². The number of ether oxygens (including phenoxy) is 1. The zero-order valence-corrected chi connectivity index (χ0v) is 9.78. The molecule has 0 saturated carbocycles. The number of hydrogen-bond donors (Lipinski definition) is 1. The molecule has 0 aliphatic heterocycles. The van der Waals surface area contributed by atoms with E-state index in [2.05, 4.69) is 4.74 Å². The summed E-state index contributed by atoms with van der Waals surface area (Å²) in [4.78, 5) is -0.530. The number of hydrogen-bond acceptors (Lipinski definition) is 3. The number of halogens is 4. The van der Waals surface area contributed by atoms with Crippen molar-refractivity contribution in [3.8, 4) is 5.75 Å². The van der Waals surface area contributed by atoms with Crippen molar-refractivity contribution in [2.75, 3.05) is 0 Å².